The van der Waals surface area contributed by atoms with Crippen LogP contribution >= 0.6 is 11.3 Å². The number of rotatable bonds is 5. The molecule has 2 aromatic heterocycles. The zero-order valence-electron chi connectivity index (χ0n) is 14.7. The van der Waals surface area contributed by atoms with Crippen molar-refractivity contribution in [1.29, 1.82) is 0 Å². The van der Waals surface area contributed by atoms with Crippen LogP contribution in [0.3, 0.4) is 0 Å². The number of hydrogen-bond donors (Lipinski definition) is 0. The van der Waals surface area contributed by atoms with Gasteiger partial charge in [0.15, 0.2) is 0 Å². The third kappa shape index (κ3) is 3.78. The van der Waals surface area contributed by atoms with E-state index in [1.807, 2.05) is 60.0 Å². The topological polar surface area (TPSA) is 63.9 Å². The zero-order chi connectivity index (χ0) is 18.6. The molecule has 2 aromatic carbocycles. The first-order valence-corrected chi connectivity index (χ1v) is 9.29. The quantitative estimate of drug-likeness (QED) is 0.534. The molecular weight excluding hydrogens is 358 g/mol. The van der Waals surface area contributed by atoms with Crippen molar-refractivity contribution in [1.82, 2.24) is 24.6 Å². The fourth-order valence-electron chi connectivity index (χ4n) is 2.75. The molecule has 0 aliphatic heterocycles. The highest BCUT2D eigenvalue weighted by atomic mass is 32.1. The van der Waals surface area contributed by atoms with Crippen LogP contribution in [0, 0.1) is 0 Å². The summed E-state index contributed by atoms with van der Waals surface area (Å²) in [6.45, 7) is 0.465. The largest absolute Gasteiger partial charge is 0.335 e. The Kier molecular flexibility index (Phi) is 4.76. The number of carbonyl (C=O) groups is 1. The van der Waals surface area contributed by atoms with Crippen LogP contribution in [-0.4, -0.2) is 37.6 Å². The van der Waals surface area contributed by atoms with E-state index >= 15 is 0 Å². The van der Waals surface area contributed by atoms with Crippen molar-refractivity contribution in [3.63, 3.8) is 0 Å². The second-order valence-electron chi connectivity index (χ2n) is 6.07. The Hall–Kier alpha value is -3.32. The van der Waals surface area contributed by atoms with Crippen LogP contribution < -0.4 is 0 Å². The van der Waals surface area contributed by atoms with Gasteiger partial charge in [-0.25, -0.2) is 4.98 Å². The SMILES string of the molecule is CN(Cc1nc(-c2ccccc2)cs1)C(=O)c1cccc(-n2cnnc2)c1. The third-order valence-corrected chi connectivity index (χ3v) is 4.98. The zero-order valence-corrected chi connectivity index (χ0v) is 15.5. The molecule has 6 nitrogen and oxygen atoms in total. The maximum atomic E-state index is 12.8. The van der Waals surface area contributed by atoms with Crippen molar-refractivity contribution in [3.8, 4) is 16.9 Å². The summed E-state index contributed by atoms with van der Waals surface area (Å²) in [5.41, 5.74) is 3.48. The smallest absolute Gasteiger partial charge is 0.254 e. The molecule has 0 aliphatic carbocycles. The van der Waals surface area contributed by atoms with Crippen molar-refractivity contribution in [2.45, 2.75) is 6.54 Å². The monoisotopic (exact) mass is 375 g/mol. The number of thiazole rings is 1. The summed E-state index contributed by atoms with van der Waals surface area (Å²) in [6, 6.07) is 17.4. The molecule has 0 atom stereocenters. The number of nitrogens with zero attached hydrogens (tertiary/aromatic N) is 5. The molecule has 4 rings (SSSR count). The lowest BCUT2D eigenvalue weighted by atomic mass is 10.1. The van der Waals surface area contributed by atoms with Crippen LogP contribution in [0.1, 0.15) is 15.4 Å². The van der Waals surface area contributed by atoms with E-state index in [1.165, 1.54) is 0 Å². The molecule has 7 heteroatoms. The summed E-state index contributed by atoms with van der Waals surface area (Å²) < 4.78 is 1.77. The lowest BCUT2D eigenvalue weighted by molar-refractivity contribution is 0.0785. The fourth-order valence-corrected chi connectivity index (χ4v) is 3.61. The first-order valence-electron chi connectivity index (χ1n) is 8.41. The van der Waals surface area contributed by atoms with E-state index < -0.39 is 0 Å². The Morgan fingerprint density at radius 1 is 1.07 bits per heavy atom. The van der Waals surface area contributed by atoms with Gasteiger partial charge in [-0.05, 0) is 18.2 Å². The van der Waals surface area contributed by atoms with Gasteiger partial charge in [-0.2, -0.15) is 0 Å². The molecule has 134 valence electrons. The highest BCUT2D eigenvalue weighted by Gasteiger charge is 2.15. The minimum absolute atomic E-state index is 0.0543. The van der Waals surface area contributed by atoms with Gasteiger partial charge in [0.2, 0.25) is 0 Å². The van der Waals surface area contributed by atoms with Crippen LogP contribution in [0.2, 0.25) is 0 Å². The molecule has 2 heterocycles. The Balaban J connectivity index is 1.49. The fraction of sp³-hybridized carbons (Fsp3) is 0.100. The summed E-state index contributed by atoms with van der Waals surface area (Å²) >= 11 is 1.56. The first kappa shape index (κ1) is 17.1. The summed E-state index contributed by atoms with van der Waals surface area (Å²) in [6.07, 6.45) is 3.21. The molecule has 0 radical (unpaired) electrons. The van der Waals surface area contributed by atoms with Crippen LogP contribution in [0.5, 0.6) is 0 Å². The van der Waals surface area contributed by atoms with Crippen molar-refractivity contribution in [2.24, 2.45) is 0 Å². The van der Waals surface area contributed by atoms with E-state index in [9.17, 15) is 4.79 Å². The lowest BCUT2D eigenvalue weighted by Gasteiger charge is -2.16. The summed E-state index contributed by atoms with van der Waals surface area (Å²) in [5, 5.41) is 10.5. The van der Waals surface area contributed by atoms with Gasteiger partial charge < -0.3 is 4.90 Å². The van der Waals surface area contributed by atoms with Gasteiger partial charge in [-0.1, -0.05) is 36.4 Å². The number of hydrogen-bond acceptors (Lipinski definition) is 5. The van der Waals surface area contributed by atoms with E-state index in [-0.39, 0.29) is 5.91 Å². The summed E-state index contributed by atoms with van der Waals surface area (Å²) in [5.74, 6) is -0.0543. The van der Waals surface area contributed by atoms with Gasteiger partial charge in [0.1, 0.15) is 17.7 Å². The van der Waals surface area contributed by atoms with Crippen LogP contribution in [-0.2, 0) is 6.54 Å². The average Bonchev–Trinajstić information content (AvgIpc) is 3.40. The standard InChI is InChI=1S/C20H17N5OS/c1-24(11-19-23-18(12-27-19)15-6-3-2-4-7-15)20(26)16-8-5-9-17(10-16)25-13-21-22-14-25/h2-10,12-14H,11H2,1H3. The lowest BCUT2D eigenvalue weighted by Crippen LogP contribution is -2.26. The molecule has 0 spiro atoms. The predicted molar refractivity (Wildman–Crippen MR) is 105 cm³/mol. The van der Waals surface area contributed by atoms with E-state index in [1.54, 1.807) is 40.5 Å². The Morgan fingerprint density at radius 3 is 2.63 bits per heavy atom. The molecule has 0 bridgehead atoms. The van der Waals surface area contributed by atoms with Gasteiger partial charge >= 0.3 is 0 Å². The number of aromatic nitrogens is 4. The van der Waals surface area contributed by atoms with Crippen LogP contribution in [0.15, 0.2) is 72.6 Å². The molecule has 27 heavy (non-hydrogen) atoms. The second kappa shape index (κ2) is 7.51. The molecule has 4 aromatic rings. The molecule has 0 aliphatic rings. The maximum absolute atomic E-state index is 12.8. The number of amides is 1. The number of carbonyl (C=O) groups excluding carboxylic acids is 1. The Labute approximate surface area is 160 Å². The second-order valence-corrected chi connectivity index (χ2v) is 7.02. The van der Waals surface area contributed by atoms with E-state index in [0.29, 0.717) is 12.1 Å². The van der Waals surface area contributed by atoms with Crippen LogP contribution in [0.4, 0.5) is 0 Å². The normalized spacial score (nSPS) is 10.7. The Morgan fingerprint density at radius 2 is 1.85 bits per heavy atom. The minimum Gasteiger partial charge on any atom is -0.335 e. The van der Waals surface area contributed by atoms with E-state index in [2.05, 4.69) is 15.2 Å². The molecule has 1 amide bonds. The Bertz CT molecular complexity index is 1040. The summed E-state index contributed by atoms with van der Waals surface area (Å²) in [7, 11) is 1.79. The number of benzene rings is 2. The molecular formula is C20H17N5OS. The van der Waals surface area contributed by atoms with Crippen molar-refractivity contribution in [2.75, 3.05) is 7.05 Å². The molecule has 0 unspecified atom stereocenters. The van der Waals surface area contributed by atoms with Crippen molar-refractivity contribution in [3.05, 3.63) is 83.2 Å². The van der Waals surface area contributed by atoms with E-state index in [4.69, 9.17) is 0 Å². The summed E-state index contributed by atoms with van der Waals surface area (Å²) in [4.78, 5) is 19.1. The molecule has 0 N–H and O–H groups in total. The molecule has 0 saturated heterocycles. The van der Waals surface area contributed by atoms with Gasteiger partial charge in [0, 0.05) is 29.2 Å². The molecule has 0 fully saturated rings. The van der Waals surface area contributed by atoms with E-state index in [0.717, 1.165) is 22.0 Å². The highest BCUT2D eigenvalue weighted by Crippen LogP contribution is 2.22. The minimum atomic E-state index is -0.0543. The first-order chi connectivity index (χ1) is 13.2. The predicted octanol–water partition coefficient (Wildman–Crippen LogP) is 3.66. The van der Waals surface area contributed by atoms with Gasteiger partial charge in [-0.3, -0.25) is 9.36 Å². The van der Waals surface area contributed by atoms with Gasteiger partial charge in [0.05, 0.1) is 12.2 Å². The highest BCUT2D eigenvalue weighted by molar-refractivity contribution is 7.09. The van der Waals surface area contributed by atoms with Crippen LogP contribution in [0.25, 0.3) is 16.9 Å². The maximum Gasteiger partial charge on any atom is 0.254 e. The average molecular weight is 375 g/mol. The van der Waals surface area contributed by atoms with Crippen molar-refractivity contribution < 1.29 is 4.79 Å². The third-order valence-electron chi connectivity index (χ3n) is 4.15. The molecule has 0 saturated carbocycles. The van der Waals surface area contributed by atoms with Gasteiger partial charge in [-0.15, -0.1) is 21.5 Å². The van der Waals surface area contributed by atoms with Crippen molar-refractivity contribution >= 4 is 17.2 Å². The van der Waals surface area contributed by atoms with Gasteiger partial charge in [0.25, 0.3) is 5.91 Å².